The largest absolute Gasteiger partial charge is 0.459 e. The quantitative estimate of drug-likeness (QED) is 0.673. The summed E-state index contributed by atoms with van der Waals surface area (Å²) in [6.07, 6.45) is -9.25. The number of aliphatic hydroxyl groups is 3. The second-order valence-electron chi connectivity index (χ2n) is 4.64. The van der Waals surface area contributed by atoms with Crippen LogP contribution >= 0.6 is 0 Å². The van der Waals surface area contributed by atoms with Crippen LogP contribution in [0.4, 0.5) is 8.78 Å². The monoisotopic (exact) mass is 304 g/mol. The van der Waals surface area contributed by atoms with E-state index in [1.165, 1.54) is 12.1 Å². The van der Waals surface area contributed by atoms with Crippen LogP contribution in [0.15, 0.2) is 30.3 Å². The summed E-state index contributed by atoms with van der Waals surface area (Å²) in [5, 5.41) is 28.2. The van der Waals surface area contributed by atoms with Gasteiger partial charge in [-0.15, -0.1) is 0 Å². The van der Waals surface area contributed by atoms with Crippen LogP contribution < -0.4 is 0 Å². The number of ether oxygens (including phenoxy) is 2. The highest BCUT2D eigenvalue weighted by Crippen LogP contribution is 2.36. The smallest absolute Gasteiger partial charge is 0.338 e. The molecule has 0 spiro atoms. The van der Waals surface area contributed by atoms with Gasteiger partial charge in [0.15, 0.2) is 11.9 Å². The lowest BCUT2D eigenvalue weighted by Crippen LogP contribution is -2.53. The molecular formula is C13H14F2O6. The molecule has 6 nitrogen and oxygen atoms in total. The molecule has 2 rings (SSSR count). The van der Waals surface area contributed by atoms with Crippen LogP contribution in [0.25, 0.3) is 0 Å². The number of carbonyl (C=O) groups excluding carboxylic acids is 1. The van der Waals surface area contributed by atoms with Crippen molar-refractivity contribution < 1.29 is 38.4 Å². The number of benzene rings is 1. The fourth-order valence-electron chi connectivity index (χ4n) is 2.01. The van der Waals surface area contributed by atoms with Crippen molar-refractivity contribution in [1.82, 2.24) is 0 Å². The minimum atomic E-state index is -3.28. The average Bonchev–Trinajstić information content (AvgIpc) is 2.71. The van der Waals surface area contributed by atoms with Crippen molar-refractivity contribution in [3.63, 3.8) is 0 Å². The van der Waals surface area contributed by atoms with E-state index in [2.05, 4.69) is 4.74 Å². The average molecular weight is 304 g/mol. The lowest BCUT2D eigenvalue weighted by atomic mass is 9.97. The molecule has 0 amide bonds. The third-order valence-electron chi connectivity index (χ3n) is 3.26. The Balaban J connectivity index is 2.10. The molecule has 1 heterocycles. The van der Waals surface area contributed by atoms with Gasteiger partial charge >= 0.3 is 5.97 Å². The Labute approximate surface area is 118 Å². The summed E-state index contributed by atoms with van der Waals surface area (Å²) in [5.41, 5.74) is -2.53. The molecule has 8 heteroatoms. The molecule has 0 bridgehead atoms. The second kappa shape index (κ2) is 6.02. The van der Waals surface area contributed by atoms with Crippen molar-refractivity contribution in [3.05, 3.63) is 35.9 Å². The topological polar surface area (TPSA) is 96.2 Å². The van der Waals surface area contributed by atoms with Gasteiger partial charge in [-0.3, -0.25) is 0 Å². The molecule has 4 atom stereocenters. The normalized spacial score (nSPS) is 32.4. The molecule has 1 aliphatic rings. The Bertz CT molecular complexity index is 497. The Morgan fingerprint density at radius 3 is 2.38 bits per heavy atom. The highest BCUT2D eigenvalue weighted by Gasteiger charge is 2.60. The summed E-state index contributed by atoms with van der Waals surface area (Å²) in [4.78, 5) is 11.7. The zero-order valence-corrected chi connectivity index (χ0v) is 10.7. The molecule has 0 aliphatic carbocycles. The second-order valence-corrected chi connectivity index (χ2v) is 4.64. The van der Waals surface area contributed by atoms with Crippen molar-refractivity contribution in [2.75, 3.05) is 6.61 Å². The van der Waals surface area contributed by atoms with Crippen LogP contribution in [0, 0.1) is 0 Å². The van der Waals surface area contributed by atoms with Gasteiger partial charge in [0, 0.05) is 0 Å². The highest BCUT2D eigenvalue weighted by atomic mass is 19.3. The molecule has 116 valence electrons. The molecule has 1 saturated heterocycles. The Kier molecular flexibility index (Phi) is 4.52. The van der Waals surface area contributed by atoms with E-state index < -0.39 is 43.1 Å². The molecule has 1 aromatic rings. The number of alkyl halides is 2. The van der Waals surface area contributed by atoms with Crippen molar-refractivity contribution in [2.45, 2.75) is 30.5 Å². The highest BCUT2D eigenvalue weighted by molar-refractivity contribution is 5.89. The summed E-state index contributed by atoms with van der Waals surface area (Å²) < 4.78 is 35.6. The minimum absolute atomic E-state index is 0.135. The van der Waals surface area contributed by atoms with E-state index >= 15 is 0 Å². The maximum absolute atomic E-state index is 13.1. The molecule has 21 heavy (non-hydrogen) atoms. The van der Waals surface area contributed by atoms with Crippen LogP contribution in [-0.4, -0.2) is 58.4 Å². The Morgan fingerprint density at radius 1 is 1.29 bits per heavy atom. The first-order valence-corrected chi connectivity index (χ1v) is 6.11. The van der Waals surface area contributed by atoms with E-state index in [1.54, 1.807) is 18.2 Å². The fraction of sp³-hybridized carbons (Fsp3) is 0.462. The number of hydrogen-bond donors (Lipinski definition) is 3. The molecule has 0 radical (unpaired) electrons. The Morgan fingerprint density at radius 2 is 1.90 bits per heavy atom. The van der Waals surface area contributed by atoms with E-state index in [-0.39, 0.29) is 5.56 Å². The summed E-state index contributed by atoms with van der Waals surface area (Å²) in [6.45, 7) is -1.01. The van der Waals surface area contributed by atoms with Crippen molar-refractivity contribution >= 4 is 5.97 Å². The van der Waals surface area contributed by atoms with Crippen LogP contribution in [-0.2, 0) is 9.47 Å². The minimum Gasteiger partial charge on any atom is -0.459 e. The van der Waals surface area contributed by atoms with Gasteiger partial charge in [-0.05, 0) is 12.1 Å². The molecule has 1 fully saturated rings. The van der Waals surface area contributed by atoms with Gasteiger partial charge < -0.3 is 24.8 Å². The van der Waals surface area contributed by atoms with E-state index in [1.807, 2.05) is 0 Å². The van der Waals surface area contributed by atoms with Gasteiger partial charge in [0.1, 0.15) is 18.8 Å². The lowest BCUT2D eigenvalue weighted by Gasteiger charge is -2.29. The number of esters is 1. The van der Waals surface area contributed by atoms with E-state index in [4.69, 9.17) is 4.74 Å². The first kappa shape index (κ1) is 15.8. The van der Waals surface area contributed by atoms with Crippen LogP contribution in [0.3, 0.4) is 0 Å². The van der Waals surface area contributed by atoms with Crippen LogP contribution in [0.1, 0.15) is 10.4 Å². The van der Waals surface area contributed by atoms with Crippen LogP contribution in [0.2, 0.25) is 0 Å². The standard InChI is InChI=1S/C13H14F2O6/c14-12(15)13(9(17)8(16)11(19)21-13)6-20-10(18)7-4-2-1-3-5-7/h1-5,8-9,11-12,16-17,19H,6H2/t8-,9+,11?,13-/m1/s1. The number of aliphatic hydroxyl groups excluding tert-OH is 3. The summed E-state index contributed by atoms with van der Waals surface area (Å²) >= 11 is 0. The maximum Gasteiger partial charge on any atom is 0.338 e. The molecular weight excluding hydrogens is 290 g/mol. The summed E-state index contributed by atoms with van der Waals surface area (Å²) in [7, 11) is 0. The van der Waals surface area contributed by atoms with Crippen molar-refractivity contribution in [2.24, 2.45) is 0 Å². The summed E-state index contributed by atoms with van der Waals surface area (Å²) in [6, 6.07) is 7.63. The fourth-order valence-corrected chi connectivity index (χ4v) is 2.01. The van der Waals surface area contributed by atoms with Gasteiger partial charge in [-0.25, -0.2) is 13.6 Å². The summed E-state index contributed by atoms with van der Waals surface area (Å²) in [5.74, 6) is -0.887. The molecule has 3 N–H and O–H groups in total. The molecule has 1 aromatic carbocycles. The molecule has 1 unspecified atom stereocenters. The van der Waals surface area contributed by atoms with Gasteiger partial charge in [-0.1, -0.05) is 18.2 Å². The van der Waals surface area contributed by atoms with Gasteiger partial charge in [0.2, 0.25) is 0 Å². The zero-order chi connectivity index (χ0) is 15.6. The van der Waals surface area contributed by atoms with E-state index in [9.17, 15) is 28.9 Å². The zero-order valence-electron chi connectivity index (χ0n) is 10.7. The first-order chi connectivity index (χ1) is 9.88. The van der Waals surface area contributed by atoms with E-state index in [0.29, 0.717) is 0 Å². The predicted octanol–water partition coefficient (Wildman–Crippen LogP) is -0.0823. The predicted molar refractivity (Wildman–Crippen MR) is 64.6 cm³/mol. The number of halogens is 2. The third kappa shape index (κ3) is 2.88. The van der Waals surface area contributed by atoms with Crippen LogP contribution in [0.5, 0.6) is 0 Å². The maximum atomic E-state index is 13.1. The lowest BCUT2D eigenvalue weighted by molar-refractivity contribution is -0.220. The Hall–Kier alpha value is -1.61. The number of rotatable bonds is 4. The molecule has 0 saturated carbocycles. The van der Waals surface area contributed by atoms with E-state index in [0.717, 1.165) is 0 Å². The first-order valence-electron chi connectivity index (χ1n) is 6.11. The SMILES string of the molecule is O=C(OC[C@@]1(C(F)F)OC(O)[C@H](O)[C@@H]1O)c1ccccc1. The van der Waals surface area contributed by atoms with Gasteiger partial charge in [-0.2, -0.15) is 0 Å². The molecule has 1 aliphatic heterocycles. The number of hydrogen-bond acceptors (Lipinski definition) is 6. The van der Waals surface area contributed by atoms with Gasteiger partial charge in [0.05, 0.1) is 5.56 Å². The third-order valence-corrected chi connectivity index (χ3v) is 3.26. The van der Waals surface area contributed by atoms with Crippen molar-refractivity contribution in [3.8, 4) is 0 Å². The van der Waals surface area contributed by atoms with Gasteiger partial charge in [0.25, 0.3) is 6.43 Å². The molecule has 0 aromatic heterocycles. The van der Waals surface area contributed by atoms with Crippen molar-refractivity contribution in [1.29, 1.82) is 0 Å². The number of carbonyl (C=O) groups is 1.